The fourth-order valence-electron chi connectivity index (χ4n) is 2.42. The number of hydrogen-bond donors (Lipinski definition) is 2. The van der Waals surface area contributed by atoms with Crippen molar-refractivity contribution < 1.29 is 4.79 Å². The predicted octanol–water partition coefficient (Wildman–Crippen LogP) is 4.85. The molecule has 1 heterocycles. The van der Waals surface area contributed by atoms with Gasteiger partial charge in [-0.25, -0.2) is 9.97 Å². The minimum absolute atomic E-state index is 0.199. The van der Waals surface area contributed by atoms with Crippen LogP contribution in [0.1, 0.15) is 21.7 Å². The summed E-state index contributed by atoms with van der Waals surface area (Å²) in [6, 6.07) is 16.6. The number of nitrogens with one attached hydrogen (secondary N) is 2. The first-order valence-electron chi connectivity index (χ1n) is 7.76. The molecule has 0 fully saturated rings. The highest BCUT2D eigenvalue weighted by Crippen LogP contribution is 2.21. The van der Waals surface area contributed by atoms with Crippen molar-refractivity contribution in [2.45, 2.75) is 13.8 Å². The van der Waals surface area contributed by atoms with Gasteiger partial charge in [-0.1, -0.05) is 28.1 Å². The minimum Gasteiger partial charge on any atom is -0.323 e. The lowest BCUT2D eigenvalue weighted by atomic mass is 10.1. The molecule has 126 valence electrons. The standard InChI is InChI=1S/C19H17BrN4O/c1-12-11-13(2)22-19(21-12)24-17-6-4-3-5-16(17)18(25)23-15-9-7-14(20)8-10-15/h3-11H,1-2H3,(H,23,25)(H,21,22,24). The van der Waals surface area contributed by atoms with Gasteiger partial charge >= 0.3 is 0 Å². The molecule has 0 aliphatic carbocycles. The number of aromatic nitrogens is 2. The first-order valence-corrected chi connectivity index (χ1v) is 8.56. The number of rotatable bonds is 4. The number of nitrogens with zero attached hydrogens (tertiary/aromatic N) is 2. The molecule has 0 saturated carbocycles. The van der Waals surface area contributed by atoms with Crippen LogP contribution in [0.2, 0.25) is 0 Å². The smallest absolute Gasteiger partial charge is 0.257 e. The monoisotopic (exact) mass is 396 g/mol. The molecule has 1 aromatic heterocycles. The molecule has 25 heavy (non-hydrogen) atoms. The number of benzene rings is 2. The highest BCUT2D eigenvalue weighted by atomic mass is 79.9. The Balaban J connectivity index is 1.84. The molecule has 0 aliphatic heterocycles. The lowest BCUT2D eigenvalue weighted by molar-refractivity contribution is 0.102. The van der Waals surface area contributed by atoms with Crippen LogP contribution in [0.15, 0.2) is 59.1 Å². The number of halogens is 1. The van der Waals surface area contributed by atoms with Crippen molar-refractivity contribution in [2.75, 3.05) is 10.6 Å². The van der Waals surface area contributed by atoms with Crippen LogP contribution in [0.5, 0.6) is 0 Å². The van der Waals surface area contributed by atoms with Gasteiger partial charge in [0, 0.05) is 21.5 Å². The van der Waals surface area contributed by atoms with Crippen LogP contribution in [0.3, 0.4) is 0 Å². The maximum absolute atomic E-state index is 12.6. The number of carbonyl (C=O) groups is 1. The van der Waals surface area contributed by atoms with Crippen LogP contribution in [-0.4, -0.2) is 15.9 Å². The Labute approximate surface area is 154 Å². The van der Waals surface area contributed by atoms with Crippen LogP contribution in [0.25, 0.3) is 0 Å². The van der Waals surface area contributed by atoms with Gasteiger partial charge in [-0.2, -0.15) is 0 Å². The van der Waals surface area contributed by atoms with E-state index in [1.54, 1.807) is 6.07 Å². The van der Waals surface area contributed by atoms with Crippen LogP contribution in [0.4, 0.5) is 17.3 Å². The summed E-state index contributed by atoms with van der Waals surface area (Å²) in [7, 11) is 0. The number of anilines is 3. The van der Waals surface area contributed by atoms with Gasteiger partial charge in [-0.05, 0) is 56.3 Å². The summed E-state index contributed by atoms with van der Waals surface area (Å²) in [5, 5.41) is 6.03. The van der Waals surface area contributed by atoms with E-state index < -0.39 is 0 Å². The third-order valence-electron chi connectivity index (χ3n) is 3.50. The van der Waals surface area contributed by atoms with Gasteiger partial charge < -0.3 is 10.6 Å². The van der Waals surface area contributed by atoms with E-state index in [2.05, 4.69) is 36.5 Å². The summed E-state index contributed by atoms with van der Waals surface area (Å²) >= 11 is 3.38. The van der Waals surface area contributed by atoms with Crippen LogP contribution >= 0.6 is 15.9 Å². The largest absolute Gasteiger partial charge is 0.323 e. The first kappa shape index (κ1) is 17.1. The van der Waals surface area contributed by atoms with E-state index in [0.29, 0.717) is 17.2 Å². The lowest BCUT2D eigenvalue weighted by Crippen LogP contribution is -2.14. The molecule has 3 rings (SSSR count). The molecular formula is C19H17BrN4O. The lowest BCUT2D eigenvalue weighted by Gasteiger charge is -2.12. The molecule has 0 bridgehead atoms. The van der Waals surface area contributed by atoms with Crippen molar-refractivity contribution in [1.29, 1.82) is 0 Å². The van der Waals surface area contributed by atoms with E-state index in [1.165, 1.54) is 0 Å². The van der Waals surface area contributed by atoms with Crippen molar-refractivity contribution in [3.8, 4) is 0 Å². The number of hydrogen-bond acceptors (Lipinski definition) is 4. The Bertz CT molecular complexity index is 889. The summed E-state index contributed by atoms with van der Waals surface area (Å²) in [6.45, 7) is 3.82. The van der Waals surface area contributed by atoms with Crippen molar-refractivity contribution in [1.82, 2.24) is 9.97 Å². The van der Waals surface area contributed by atoms with E-state index in [0.717, 1.165) is 21.5 Å². The van der Waals surface area contributed by atoms with Gasteiger partial charge in [0.25, 0.3) is 5.91 Å². The summed E-state index contributed by atoms with van der Waals surface area (Å²) in [6.07, 6.45) is 0. The summed E-state index contributed by atoms with van der Waals surface area (Å²) < 4.78 is 0.958. The minimum atomic E-state index is -0.199. The summed E-state index contributed by atoms with van der Waals surface area (Å²) in [4.78, 5) is 21.4. The Morgan fingerprint density at radius 1 is 0.960 bits per heavy atom. The van der Waals surface area contributed by atoms with Gasteiger partial charge in [0.15, 0.2) is 0 Å². The third kappa shape index (κ3) is 4.42. The number of carbonyl (C=O) groups excluding carboxylic acids is 1. The Morgan fingerprint density at radius 2 is 1.60 bits per heavy atom. The second-order valence-corrected chi connectivity index (χ2v) is 6.52. The summed E-state index contributed by atoms with van der Waals surface area (Å²) in [5.41, 5.74) is 3.64. The molecule has 0 radical (unpaired) electrons. The van der Waals surface area contributed by atoms with Crippen LogP contribution in [0, 0.1) is 13.8 Å². The van der Waals surface area contributed by atoms with Gasteiger partial charge in [-0.3, -0.25) is 4.79 Å². The molecule has 0 unspecified atom stereocenters. The van der Waals surface area contributed by atoms with Crippen molar-refractivity contribution in [3.63, 3.8) is 0 Å². The van der Waals surface area contributed by atoms with Gasteiger partial charge in [0.05, 0.1) is 11.3 Å². The molecule has 6 heteroatoms. The Morgan fingerprint density at radius 3 is 2.28 bits per heavy atom. The number of para-hydroxylation sites is 1. The van der Waals surface area contributed by atoms with Crippen molar-refractivity contribution in [3.05, 3.63) is 76.0 Å². The van der Waals surface area contributed by atoms with Crippen molar-refractivity contribution in [2.24, 2.45) is 0 Å². The topological polar surface area (TPSA) is 66.9 Å². The van der Waals surface area contributed by atoms with Gasteiger partial charge in [0.2, 0.25) is 5.95 Å². The van der Waals surface area contributed by atoms with E-state index in [-0.39, 0.29) is 5.91 Å². The van der Waals surface area contributed by atoms with E-state index in [9.17, 15) is 4.79 Å². The zero-order valence-electron chi connectivity index (χ0n) is 13.9. The zero-order valence-corrected chi connectivity index (χ0v) is 15.5. The van der Waals surface area contributed by atoms with Gasteiger partial charge in [0.1, 0.15) is 0 Å². The number of aryl methyl sites for hydroxylation is 2. The molecular weight excluding hydrogens is 380 g/mol. The number of amides is 1. The second-order valence-electron chi connectivity index (χ2n) is 5.61. The molecule has 2 N–H and O–H groups in total. The average Bonchev–Trinajstić information content (AvgIpc) is 2.56. The first-order chi connectivity index (χ1) is 12.0. The van der Waals surface area contributed by atoms with Gasteiger partial charge in [-0.15, -0.1) is 0 Å². The molecule has 1 amide bonds. The van der Waals surface area contributed by atoms with E-state index in [4.69, 9.17) is 0 Å². The average molecular weight is 397 g/mol. The fraction of sp³-hybridized carbons (Fsp3) is 0.105. The highest BCUT2D eigenvalue weighted by molar-refractivity contribution is 9.10. The molecule has 0 atom stereocenters. The van der Waals surface area contributed by atoms with E-state index >= 15 is 0 Å². The molecule has 0 spiro atoms. The fourth-order valence-corrected chi connectivity index (χ4v) is 2.69. The van der Waals surface area contributed by atoms with Crippen LogP contribution in [-0.2, 0) is 0 Å². The SMILES string of the molecule is Cc1cc(C)nc(Nc2ccccc2C(=O)Nc2ccc(Br)cc2)n1. The maximum atomic E-state index is 12.6. The normalized spacial score (nSPS) is 10.4. The molecule has 3 aromatic rings. The molecule has 0 saturated heterocycles. The predicted molar refractivity (Wildman–Crippen MR) is 103 cm³/mol. The Hall–Kier alpha value is -2.73. The third-order valence-corrected chi connectivity index (χ3v) is 4.03. The van der Waals surface area contributed by atoms with Crippen LogP contribution < -0.4 is 10.6 Å². The zero-order chi connectivity index (χ0) is 17.8. The molecule has 2 aromatic carbocycles. The quantitative estimate of drug-likeness (QED) is 0.661. The summed E-state index contributed by atoms with van der Waals surface area (Å²) in [5.74, 6) is 0.274. The van der Waals surface area contributed by atoms with Crippen molar-refractivity contribution >= 4 is 39.2 Å². The highest BCUT2D eigenvalue weighted by Gasteiger charge is 2.12. The van der Waals surface area contributed by atoms with E-state index in [1.807, 2.05) is 62.4 Å². The molecule has 5 nitrogen and oxygen atoms in total. The Kier molecular flexibility index (Phi) is 5.09. The maximum Gasteiger partial charge on any atom is 0.257 e. The second kappa shape index (κ2) is 7.44. The molecule has 0 aliphatic rings.